The molecule has 0 radical (unpaired) electrons. The van der Waals surface area contributed by atoms with Crippen LogP contribution in [0.4, 0.5) is 0 Å². The molecule has 11 heavy (non-hydrogen) atoms. The summed E-state index contributed by atoms with van der Waals surface area (Å²) in [6.45, 7) is 0. The quantitative estimate of drug-likeness (QED) is 0.531. The Balaban J connectivity index is 2.15. The number of nitrogens with zero attached hydrogens (tertiary/aromatic N) is 3. The number of fused-ring (bicyclic) bond motifs is 1. The van der Waals surface area contributed by atoms with Gasteiger partial charge in [0.2, 0.25) is 0 Å². The van der Waals surface area contributed by atoms with E-state index in [4.69, 9.17) is 0 Å². The lowest BCUT2D eigenvalue weighted by Gasteiger charge is -2.36. The van der Waals surface area contributed by atoms with E-state index in [-0.39, 0.29) is 0 Å². The van der Waals surface area contributed by atoms with Gasteiger partial charge < -0.3 is 5.43 Å². The minimum absolute atomic E-state index is 0.461. The molecule has 2 rings (SSSR count). The van der Waals surface area contributed by atoms with Crippen LogP contribution in [0.2, 0.25) is 0 Å². The number of likely N-dealkylation sites (N-methyl/N-ethyl adjacent to an activating group) is 1. The Labute approximate surface area is 66.0 Å². The molecular formula is C7H12N4. The molecule has 0 spiro atoms. The predicted molar refractivity (Wildman–Crippen MR) is 44.7 cm³/mol. The molecule has 0 fully saturated rings. The predicted octanol–water partition coefficient (Wildman–Crippen LogP) is 0.0240. The van der Waals surface area contributed by atoms with E-state index in [1.807, 2.05) is 24.5 Å². The first-order chi connectivity index (χ1) is 5.38. The molecular weight excluding hydrogens is 140 g/mol. The number of hydrogen-bond donors (Lipinski definition) is 1. The molecule has 0 aromatic carbocycles. The standard InChI is InChI=1S/C7H12N4/c1-11-7-3-4-8-10-6(7)2-5-9-11/h4-7,10H,2-3H2,1H3/t6-,7?/m0/s1. The number of nitrogens with one attached hydrogen (secondary N) is 1. The molecule has 0 bridgehead atoms. The van der Waals surface area contributed by atoms with E-state index in [0.29, 0.717) is 12.1 Å². The second kappa shape index (κ2) is 2.53. The molecule has 0 amide bonds. The SMILES string of the molecule is CN1N=CC[C@@H]2NN=CCC21. The van der Waals surface area contributed by atoms with Gasteiger partial charge in [0, 0.05) is 32.3 Å². The number of hydrogen-bond acceptors (Lipinski definition) is 4. The smallest absolute Gasteiger partial charge is 0.0738 e. The molecule has 1 unspecified atom stereocenters. The van der Waals surface area contributed by atoms with Gasteiger partial charge in [0.1, 0.15) is 0 Å². The summed E-state index contributed by atoms with van der Waals surface area (Å²) in [5.74, 6) is 0. The van der Waals surface area contributed by atoms with Gasteiger partial charge in [-0.3, -0.25) is 5.01 Å². The molecule has 0 saturated carbocycles. The Bertz CT molecular complexity index is 199. The molecule has 2 atom stereocenters. The van der Waals surface area contributed by atoms with E-state index >= 15 is 0 Å². The van der Waals surface area contributed by atoms with Crippen LogP contribution in [0, 0.1) is 0 Å². The molecule has 0 saturated heterocycles. The van der Waals surface area contributed by atoms with E-state index in [1.165, 1.54) is 0 Å². The second-order valence-corrected chi connectivity index (χ2v) is 2.96. The number of hydrazone groups is 2. The molecule has 2 aliphatic rings. The Hall–Kier alpha value is -1.06. The van der Waals surface area contributed by atoms with E-state index in [9.17, 15) is 0 Å². The van der Waals surface area contributed by atoms with Gasteiger partial charge in [-0.25, -0.2) is 0 Å². The zero-order valence-electron chi connectivity index (χ0n) is 6.57. The maximum atomic E-state index is 4.22. The minimum Gasteiger partial charge on any atom is -0.305 e. The average molecular weight is 152 g/mol. The zero-order valence-corrected chi connectivity index (χ0v) is 6.57. The van der Waals surface area contributed by atoms with Gasteiger partial charge in [0.15, 0.2) is 0 Å². The van der Waals surface area contributed by atoms with Crippen LogP contribution in [0.25, 0.3) is 0 Å². The van der Waals surface area contributed by atoms with Crippen LogP contribution in [0.15, 0.2) is 10.2 Å². The van der Waals surface area contributed by atoms with Crippen molar-refractivity contribution in [2.24, 2.45) is 10.2 Å². The molecule has 2 aliphatic heterocycles. The summed E-state index contributed by atoms with van der Waals surface area (Å²) in [6.07, 6.45) is 5.85. The molecule has 0 aromatic rings. The van der Waals surface area contributed by atoms with Gasteiger partial charge in [-0.15, -0.1) is 0 Å². The van der Waals surface area contributed by atoms with Crippen molar-refractivity contribution in [3.05, 3.63) is 0 Å². The summed E-state index contributed by atoms with van der Waals surface area (Å²) in [6, 6.07) is 0.958. The van der Waals surface area contributed by atoms with Crippen molar-refractivity contribution in [3.8, 4) is 0 Å². The first-order valence-corrected chi connectivity index (χ1v) is 3.90. The Morgan fingerprint density at radius 3 is 3.18 bits per heavy atom. The third-order valence-corrected chi connectivity index (χ3v) is 2.25. The largest absolute Gasteiger partial charge is 0.305 e. The van der Waals surface area contributed by atoms with Gasteiger partial charge in [-0.2, -0.15) is 10.2 Å². The Kier molecular flexibility index (Phi) is 1.52. The summed E-state index contributed by atoms with van der Waals surface area (Å²) in [7, 11) is 2.01. The Morgan fingerprint density at radius 2 is 2.36 bits per heavy atom. The van der Waals surface area contributed by atoms with Crippen molar-refractivity contribution in [1.29, 1.82) is 0 Å². The van der Waals surface area contributed by atoms with Crippen molar-refractivity contribution in [1.82, 2.24) is 10.4 Å². The highest BCUT2D eigenvalue weighted by molar-refractivity contribution is 5.63. The normalized spacial score (nSPS) is 34.8. The minimum atomic E-state index is 0.461. The van der Waals surface area contributed by atoms with Crippen LogP contribution in [-0.4, -0.2) is 36.6 Å². The van der Waals surface area contributed by atoms with Crippen LogP contribution in [-0.2, 0) is 0 Å². The zero-order chi connectivity index (χ0) is 7.68. The van der Waals surface area contributed by atoms with E-state index in [0.717, 1.165) is 12.8 Å². The summed E-state index contributed by atoms with van der Waals surface area (Å²) < 4.78 is 0. The average Bonchev–Trinajstić information content (AvgIpc) is 2.06. The third kappa shape index (κ3) is 1.08. The summed E-state index contributed by atoms with van der Waals surface area (Å²) in [5.41, 5.74) is 3.09. The van der Waals surface area contributed by atoms with Crippen molar-refractivity contribution in [2.75, 3.05) is 7.05 Å². The van der Waals surface area contributed by atoms with Crippen molar-refractivity contribution in [2.45, 2.75) is 24.9 Å². The lowest BCUT2D eigenvalue weighted by Crippen LogP contribution is -2.50. The van der Waals surface area contributed by atoms with Gasteiger partial charge in [-0.1, -0.05) is 0 Å². The van der Waals surface area contributed by atoms with Crippen molar-refractivity contribution in [3.63, 3.8) is 0 Å². The first kappa shape index (κ1) is 6.64. The maximum absolute atomic E-state index is 4.22. The molecule has 60 valence electrons. The summed E-state index contributed by atoms with van der Waals surface area (Å²) in [5, 5.41) is 10.3. The van der Waals surface area contributed by atoms with Gasteiger partial charge in [0.25, 0.3) is 0 Å². The molecule has 1 N–H and O–H groups in total. The van der Waals surface area contributed by atoms with Crippen LogP contribution < -0.4 is 5.43 Å². The van der Waals surface area contributed by atoms with Crippen LogP contribution in [0.1, 0.15) is 12.8 Å². The molecule has 0 aromatic heterocycles. The van der Waals surface area contributed by atoms with Crippen LogP contribution in [0.5, 0.6) is 0 Å². The van der Waals surface area contributed by atoms with E-state index in [2.05, 4.69) is 15.6 Å². The number of rotatable bonds is 0. The maximum Gasteiger partial charge on any atom is 0.0738 e. The fourth-order valence-electron chi connectivity index (χ4n) is 1.56. The summed E-state index contributed by atoms with van der Waals surface area (Å²) >= 11 is 0. The van der Waals surface area contributed by atoms with Gasteiger partial charge >= 0.3 is 0 Å². The van der Waals surface area contributed by atoms with Crippen LogP contribution >= 0.6 is 0 Å². The highest BCUT2D eigenvalue weighted by atomic mass is 15.5. The second-order valence-electron chi connectivity index (χ2n) is 2.96. The highest BCUT2D eigenvalue weighted by Crippen LogP contribution is 2.15. The summed E-state index contributed by atoms with van der Waals surface area (Å²) in [4.78, 5) is 0. The molecule has 4 nitrogen and oxygen atoms in total. The third-order valence-electron chi connectivity index (χ3n) is 2.25. The fourth-order valence-corrected chi connectivity index (χ4v) is 1.56. The Morgan fingerprint density at radius 1 is 1.45 bits per heavy atom. The lowest BCUT2D eigenvalue weighted by molar-refractivity contribution is 0.188. The van der Waals surface area contributed by atoms with Gasteiger partial charge in [0.05, 0.1) is 12.1 Å². The lowest BCUT2D eigenvalue weighted by atomic mass is 10.0. The molecule has 0 aliphatic carbocycles. The van der Waals surface area contributed by atoms with E-state index in [1.54, 1.807) is 0 Å². The monoisotopic (exact) mass is 152 g/mol. The van der Waals surface area contributed by atoms with Gasteiger partial charge in [-0.05, 0) is 0 Å². The molecule has 2 heterocycles. The topological polar surface area (TPSA) is 40.0 Å². The van der Waals surface area contributed by atoms with Crippen molar-refractivity contribution < 1.29 is 0 Å². The first-order valence-electron chi connectivity index (χ1n) is 3.90. The fraction of sp³-hybridized carbons (Fsp3) is 0.714. The highest BCUT2D eigenvalue weighted by Gasteiger charge is 2.27. The van der Waals surface area contributed by atoms with E-state index < -0.39 is 0 Å². The molecule has 4 heteroatoms. The van der Waals surface area contributed by atoms with Crippen molar-refractivity contribution >= 4 is 12.4 Å². The van der Waals surface area contributed by atoms with Crippen LogP contribution in [0.3, 0.4) is 0 Å².